The predicted molar refractivity (Wildman–Crippen MR) is 102 cm³/mol. The SMILES string of the molecule is CCCCCOC(=O)Nc1ccn([C@@H]2O[C@@H](COC(=O)C(C)C)[CH]C2(F)F)c(=O)n1. The number of nitrogens with zero attached hydrogens (tertiary/aromatic N) is 2. The fourth-order valence-electron chi connectivity index (χ4n) is 2.61. The van der Waals surface area contributed by atoms with Gasteiger partial charge in [-0.05, 0) is 12.5 Å². The van der Waals surface area contributed by atoms with Crippen molar-refractivity contribution in [3.8, 4) is 0 Å². The van der Waals surface area contributed by atoms with E-state index in [9.17, 15) is 23.2 Å². The molecule has 1 saturated heterocycles. The Labute approximate surface area is 172 Å². The molecule has 0 aromatic carbocycles. The first-order chi connectivity index (χ1) is 14.1. The summed E-state index contributed by atoms with van der Waals surface area (Å²) in [5, 5.41) is 2.27. The van der Waals surface area contributed by atoms with Gasteiger partial charge in [0.1, 0.15) is 18.5 Å². The number of nitrogens with one attached hydrogen (secondary N) is 1. The van der Waals surface area contributed by atoms with Gasteiger partial charge in [0.15, 0.2) is 0 Å². The Balaban J connectivity index is 1.99. The molecule has 11 heteroatoms. The Morgan fingerprint density at radius 2 is 2.07 bits per heavy atom. The molecule has 1 aliphatic rings. The molecule has 0 aliphatic carbocycles. The molecule has 0 spiro atoms. The molecule has 9 nitrogen and oxygen atoms in total. The Hall–Kier alpha value is -2.56. The molecule has 1 amide bonds. The molecule has 2 rings (SSSR count). The lowest BCUT2D eigenvalue weighted by atomic mass is 10.2. The van der Waals surface area contributed by atoms with E-state index in [1.807, 2.05) is 6.92 Å². The van der Waals surface area contributed by atoms with E-state index in [0.29, 0.717) is 17.4 Å². The van der Waals surface area contributed by atoms with Gasteiger partial charge in [-0.15, -0.1) is 0 Å². The first kappa shape index (κ1) is 23.7. The second kappa shape index (κ2) is 10.5. The zero-order valence-corrected chi connectivity index (χ0v) is 17.1. The number of anilines is 1. The minimum atomic E-state index is -3.49. The van der Waals surface area contributed by atoms with Crippen LogP contribution in [0.2, 0.25) is 0 Å². The Kier molecular flexibility index (Phi) is 8.27. The third-order valence-corrected chi connectivity index (χ3v) is 4.20. The number of rotatable bonds is 9. The van der Waals surface area contributed by atoms with E-state index in [2.05, 4.69) is 10.3 Å². The van der Waals surface area contributed by atoms with Crippen LogP contribution >= 0.6 is 0 Å². The van der Waals surface area contributed by atoms with Crippen molar-refractivity contribution in [2.75, 3.05) is 18.5 Å². The Morgan fingerprint density at radius 1 is 1.33 bits per heavy atom. The number of amides is 1. The maximum Gasteiger partial charge on any atom is 0.412 e. The number of aromatic nitrogens is 2. The zero-order chi connectivity index (χ0) is 22.3. The summed E-state index contributed by atoms with van der Waals surface area (Å²) < 4.78 is 44.3. The number of hydrogen-bond donors (Lipinski definition) is 1. The van der Waals surface area contributed by atoms with Crippen molar-refractivity contribution in [3.05, 3.63) is 29.2 Å². The first-order valence-electron chi connectivity index (χ1n) is 9.73. The fraction of sp³-hybridized carbons (Fsp3) is 0.632. The van der Waals surface area contributed by atoms with Crippen molar-refractivity contribution in [2.24, 2.45) is 5.92 Å². The van der Waals surface area contributed by atoms with Crippen molar-refractivity contribution in [2.45, 2.75) is 58.3 Å². The second-order valence-corrected chi connectivity index (χ2v) is 7.12. The third kappa shape index (κ3) is 6.48. The Morgan fingerprint density at radius 3 is 2.70 bits per heavy atom. The second-order valence-electron chi connectivity index (χ2n) is 7.12. The summed E-state index contributed by atoms with van der Waals surface area (Å²) in [6, 6.07) is 1.18. The van der Waals surface area contributed by atoms with Gasteiger partial charge in [0.25, 0.3) is 5.92 Å². The molecule has 1 aliphatic heterocycles. The number of carbonyl (C=O) groups is 2. The van der Waals surface area contributed by atoms with Crippen LogP contribution in [-0.4, -0.2) is 46.9 Å². The highest BCUT2D eigenvalue weighted by molar-refractivity contribution is 5.83. The van der Waals surface area contributed by atoms with Crippen LogP contribution in [0.1, 0.15) is 46.3 Å². The number of alkyl halides is 2. The minimum Gasteiger partial charge on any atom is -0.463 e. The highest BCUT2D eigenvalue weighted by Gasteiger charge is 2.52. The van der Waals surface area contributed by atoms with Gasteiger partial charge in [0, 0.05) is 6.20 Å². The van der Waals surface area contributed by atoms with E-state index < -0.39 is 48.5 Å². The van der Waals surface area contributed by atoms with Crippen LogP contribution in [0, 0.1) is 12.3 Å². The molecule has 1 aromatic rings. The smallest absolute Gasteiger partial charge is 0.412 e. The maximum atomic E-state index is 14.3. The normalized spacial score (nSPS) is 20.2. The molecule has 1 radical (unpaired) electrons. The number of halogens is 2. The van der Waals surface area contributed by atoms with Gasteiger partial charge in [0.05, 0.1) is 18.9 Å². The summed E-state index contributed by atoms with van der Waals surface area (Å²) in [6.45, 7) is 5.06. The van der Waals surface area contributed by atoms with Crippen molar-refractivity contribution in [1.29, 1.82) is 0 Å². The van der Waals surface area contributed by atoms with Crippen LogP contribution in [0.25, 0.3) is 0 Å². The van der Waals surface area contributed by atoms with E-state index in [4.69, 9.17) is 14.2 Å². The number of carbonyl (C=O) groups excluding carboxylic acids is 2. The summed E-state index contributed by atoms with van der Waals surface area (Å²) >= 11 is 0. The van der Waals surface area contributed by atoms with Gasteiger partial charge < -0.3 is 14.2 Å². The predicted octanol–water partition coefficient (Wildman–Crippen LogP) is 2.92. The minimum absolute atomic E-state index is 0.135. The fourth-order valence-corrected chi connectivity index (χ4v) is 2.61. The van der Waals surface area contributed by atoms with Gasteiger partial charge in [-0.3, -0.25) is 14.7 Å². The molecule has 1 fully saturated rings. The van der Waals surface area contributed by atoms with Gasteiger partial charge in [-0.1, -0.05) is 33.6 Å². The topological polar surface area (TPSA) is 109 Å². The van der Waals surface area contributed by atoms with Crippen LogP contribution in [0.3, 0.4) is 0 Å². The van der Waals surface area contributed by atoms with Crippen molar-refractivity contribution in [1.82, 2.24) is 9.55 Å². The van der Waals surface area contributed by atoms with Crippen LogP contribution in [0.4, 0.5) is 19.4 Å². The van der Waals surface area contributed by atoms with Crippen molar-refractivity contribution >= 4 is 17.9 Å². The van der Waals surface area contributed by atoms with Gasteiger partial charge >= 0.3 is 17.8 Å². The molecule has 0 bridgehead atoms. The number of esters is 1. The molecule has 0 saturated carbocycles. The summed E-state index contributed by atoms with van der Waals surface area (Å²) in [5.74, 6) is -4.58. The highest BCUT2D eigenvalue weighted by atomic mass is 19.3. The van der Waals surface area contributed by atoms with Crippen LogP contribution in [0.5, 0.6) is 0 Å². The molecule has 0 unspecified atom stereocenters. The molecule has 2 atom stereocenters. The van der Waals surface area contributed by atoms with E-state index in [-0.39, 0.29) is 12.4 Å². The summed E-state index contributed by atoms with van der Waals surface area (Å²) in [4.78, 5) is 39.0. The molecular weight excluding hydrogens is 404 g/mol. The summed E-state index contributed by atoms with van der Waals surface area (Å²) in [7, 11) is 0. The summed E-state index contributed by atoms with van der Waals surface area (Å²) in [6.07, 6.45) is 0.276. The summed E-state index contributed by atoms with van der Waals surface area (Å²) in [5.41, 5.74) is -1.04. The lowest BCUT2D eigenvalue weighted by molar-refractivity contribution is -0.154. The number of hydrogen-bond acceptors (Lipinski definition) is 7. The molecule has 167 valence electrons. The van der Waals surface area contributed by atoms with E-state index in [0.717, 1.165) is 19.0 Å². The third-order valence-electron chi connectivity index (χ3n) is 4.20. The van der Waals surface area contributed by atoms with Gasteiger partial charge in [0.2, 0.25) is 6.23 Å². The van der Waals surface area contributed by atoms with Gasteiger partial charge in [-0.2, -0.15) is 4.98 Å². The highest BCUT2D eigenvalue weighted by Crippen LogP contribution is 2.41. The van der Waals surface area contributed by atoms with E-state index in [1.54, 1.807) is 13.8 Å². The Bertz CT molecular complexity index is 799. The van der Waals surface area contributed by atoms with E-state index in [1.165, 1.54) is 6.07 Å². The molecule has 30 heavy (non-hydrogen) atoms. The van der Waals surface area contributed by atoms with Crippen LogP contribution in [0.15, 0.2) is 17.1 Å². The lowest BCUT2D eigenvalue weighted by Gasteiger charge is -2.19. The average Bonchev–Trinajstić information content (AvgIpc) is 2.97. The molecular formula is C19H26F2N3O6. The quantitative estimate of drug-likeness (QED) is 0.474. The maximum absolute atomic E-state index is 14.3. The average molecular weight is 430 g/mol. The molecule has 1 N–H and O–H groups in total. The molecule has 1 aromatic heterocycles. The van der Waals surface area contributed by atoms with Crippen molar-refractivity contribution in [3.63, 3.8) is 0 Å². The monoisotopic (exact) mass is 430 g/mol. The standard InChI is InChI=1S/C19H26F2N3O6/c1-4-5-6-9-28-18(27)23-14-7-8-24(17(26)22-14)16-19(20,21)10-13(30-16)11-29-15(25)12(2)3/h7-8,10,12-13,16H,4-6,9,11H2,1-3H3,(H,22,23,26,27)/t13-,16-/m1/s1. The van der Waals surface area contributed by atoms with Crippen molar-refractivity contribution < 1.29 is 32.6 Å². The largest absolute Gasteiger partial charge is 0.463 e. The zero-order valence-electron chi connectivity index (χ0n) is 17.1. The first-order valence-corrected chi connectivity index (χ1v) is 9.73. The lowest BCUT2D eigenvalue weighted by Crippen LogP contribution is -2.35. The van der Waals surface area contributed by atoms with Crippen LogP contribution in [-0.2, 0) is 19.0 Å². The molecule has 2 heterocycles. The van der Waals surface area contributed by atoms with Gasteiger partial charge in [-0.25, -0.2) is 18.4 Å². The number of ether oxygens (including phenoxy) is 3. The van der Waals surface area contributed by atoms with E-state index >= 15 is 0 Å². The van der Waals surface area contributed by atoms with Crippen LogP contribution < -0.4 is 11.0 Å². The number of unbranched alkanes of at least 4 members (excludes halogenated alkanes) is 2.